The average Bonchev–Trinajstić information content (AvgIpc) is 2.22. The van der Waals surface area contributed by atoms with Gasteiger partial charge >= 0.3 is 0 Å². The van der Waals surface area contributed by atoms with Crippen molar-refractivity contribution >= 4 is 0 Å². The van der Waals surface area contributed by atoms with Crippen molar-refractivity contribution in [3.8, 4) is 0 Å². The van der Waals surface area contributed by atoms with Gasteiger partial charge in [0.2, 0.25) is 0 Å². The Morgan fingerprint density at radius 2 is 1.88 bits per heavy atom. The van der Waals surface area contributed by atoms with Crippen LogP contribution in [0.3, 0.4) is 0 Å². The Kier molecular flexibility index (Phi) is 11.2. The first-order valence-electron chi connectivity index (χ1n) is 6.16. The van der Waals surface area contributed by atoms with Gasteiger partial charge in [-0.15, -0.1) is 0 Å². The van der Waals surface area contributed by atoms with Crippen LogP contribution in [0.2, 0.25) is 0 Å². The number of rotatable bonds is 11. The first-order chi connectivity index (χ1) is 7.66. The van der Waals surface area contributed by atoms with Gasteiger partial charge in [0.05, 0.1) is 19.3 Å². The Morgan fingerprint density at radius 3 is 2.50 bits per heavy atom. The van der Waals surface area contributed by atoms with E-state index in [0.29, 0.717) is 6.10 Å². The average molecular weight is 232 g/mol. The number of nitrogens with one attached hydrogen (secondary N) is 1. The minimum Gasteiger partial charge on any atom is -0.383 e. The quantitative estimate of drug-likeness (QED) is 0.538. The maximum atomic E-state index is 5.50. The monoisotopic (exact) mass is 232 g/mol. The van der Waals surface area contributed by atoms with Crippen molar-refractivity contribution in [3.05, 3.63) is 0 Å². The standard InChI is InChI=1S/C12H28N2O2/c1-12(2)16-11-9-14(3)8-5-6-13-7-10-15-4/h12-13H,5-11H2,1-4H3. The molecule has 0 spiro atoms. The number of hydrogen-bond acceptors (Lipinski definition) is 4. The number of likely N-dealkylation sites (N-methyl/N-ethyl adjacent to an activating group) is 1. The molecule has 16 heavy (non-hydrogen) atoms. The van der Waals surface area contributed by atoms with E-state index in [2.05, 4.69) is 31.1 Å². The summed E-state index contributed by atoms with van der Waals surface area (Å²) in [6, 6.07) is 0. The summed E-state index contributed by atoms with van der Waals surface area (Å²) in [6.07, 6.45) is 1.51. The van der Waals surface area contributed by atoms with E-state index in [1.165, 1.54) is 6.42 Å². The summed E-state index contributed by atoms with van der Waals surface area (Å²) in [7, 11) is 3.86. The van der Waals surface area contributed by atoms with Crippen LogP contribution in [0.1, 0.15) is 20.3 Å². The van der Waals surface area contributed by atoms with Gasteiger partial charge in [0.15, 0.2) is 0 Å². The highest BCUT2D eigenvalue weighted by Crippen LogP contribution is 1.90. The summed E-state index contributed by atoms with van der Waals surface area (Å²) in [5.41, 5.74) is 0. The van der Waals surface area contributed by atoms with Crippen molar-refractivity contribution in [3.63, 3.8) is 0 Å². The molecule has 4 nitrogen and oxygen atoms in total. The maximum Gasteiger partial charge on any atom is 0.0596 e. The van der Waals surface area contributed by atoms with Gasteiger partial charge < -0.3 is 19.7 Å². The summed E-state index contributed by atoms with van der Waals surface area (Å²) in [4.78, 5) is 2.31. The van der Waals surface area contributed by atoms with Crippen molar-refractivity contribution in [1.82, 2.24) is 10.2 Å². The van der Waals surface area contributed by atoms with E-state index >= 15 is 0 Å². The van der Waals surface area contributed by atoms with Gasteiger partial charge in [-0.1, -0.05) is 0 Å². The number of methoxy groups -OCH3 is 1. The van der Waals surface area contributed by atoms with Crippen molar-refractivity contribution in [1.29, 1.82) is 0 Å². The molecule has 0 saturated heterocycles. The molecule has 0 saturated carbocycles. The zero-order valence-corrected chi connectivity index (χ0v) is 11.3. The van der Waals surface area contributed by atoms with Gasteiger partial charge in [0.25, 0.3) is 0 Å². The van der Waals surface area contributed by atoms with Gasteiger partial charge in [-0.3, -0.25) is 0 Å². The fourth-order valence-corrected chi connectivity index (χ4v) is 1.33. The normalized spacial score (nSPS) is 11.6. The third-order valence-electron chi connectivity index (χ3n) is 2.30. The van der Waals surface area contributed by atoms with Gasteiger partial charge in [-0.2, -0.15) is 0 Å². The molecule has 0 radical (unpaired) electrons. The second-order valence-corrected chi connectivity index (χ2v) is 4.32. The molecule has 0 heterocycles. The Morgan fingerprint density at radius 1 is 1.12 bits per heavy atom. The summed E-state index contributed by atoms with van der Waals surface area (Å²) >= 11 is 0. The van der Waals surface area contributed by atoms with E-state index in [4.69, 9.17) is 9.47 Å². The van der Waals surface area contributed by atoms with Crippen LogP contribution in [0, 0.1) is 0 Å². The van der Waals surface area contributed by atoms with Gasteiger partial charge in [-0.05, 0) is 40.4 Å². The second-order valence-electron chi connectivity index (χ2n) is 4.32. The Bertz CT molecular complexity index is 143. The molecule has 4 heteroatoms. The zero-order chi connectivity index (χ0) is 12.2. The molecule has 0 amide bonds. The van der Waals surface area contributed by atoms with E-state index < -0.39 is 0 Å². The number of nitrogens with zero attached hydrogens (tertiary/aromatic N) is 1. The predicted molar refractivity (Wildman–Crippen MR) is 67.9 cm³/mol. The number of hydrogen-bond donors (Lipinski definition) is 1. The Balaban J connectivity index is 3.14. The molecule has 1 N–H and O–H groups in total. The molecular weight excluding hydrogens is 204 g/mol. The maximum absolute atomic E-state index is 5.50. The van der Waals surface area contributed by atoms with E-state index in [1.54, 1.807) is 7.11 Å². The second kappa shape index (κ2) is 11.3. The largest absolute Gasteiger partial charge is 0.383 e. The van der Waals surface area contributed by atoms with Crippen molar-refractivity contribution in [2.75, 3.05) is 53.6 Å². The zero-order valence-electron chi connectivity index (χ0n) is 11.3. The van der Waals surface area contributed by atoms with Crippen molar-refractivity contribution in [2.45, 2.75) is 26.4 Å². The molecule has 98 valence electrons. The molecule has 0 rings (SSSR count). The minimum atomic E-state index is 0.337. The van der Waals surface area contributed by atoms with Crippen LogP contribution in [-0.4, -0.2) is 64.6 Å². The highest BCUT2D eigenvalue weighted by atomic mass is 16.5. The molecule has 0 aliphatic carbocycles. The molecule has 0 unspecified atom stereocenters. The van der Waals surface area contributed by atoms with E-state index in [9.17, 15) is 0 Å². The van der Waals surface area contributed by atoms with Crippen LogP contribution in [0.4, 0.5) is 0 Å². The lowest BCUT2D eigenvalue weighted by molar-refractivity contribution is 0.0637. The third-order valence-corrected chi connectivity index (χ3v) is 2.30. The van der Waals surface area contributed by atoms with Gasteiger partial charge in [0, 0.05) is 20.2 Å². The highest BCUT2D eigenvalue weighted by molar-refractivity contribution is 4.54. The summed E-state index contributed by atoms with van der Waals surface area (Å²) in [5, 5.41) is 3.33. The van der Waals surface area contributed by atoms with Crippen LogP contribution in [-0.2, 0) is 9.47 Å². The van der Waals surface area contributed by atoms with Crippen molar-refractivity contribution < 1.29 is 9.47 Å². The summed E-state index contributed by atoms with van der Waals surface area (Å²) in [6.45, 7) is 9.87. The van der Waals surface area contributed by atoms with Crippen LogP contribution in [0.5, 0.6) is 0 Å². The van der Waals surface area contributed by atoms with Crippen LogP contribution >= 0.6 is 0 Å². The number of ether oxygens (including phenoxy) is 2. The van der Waals surface area contributed by atoms with Crippen LogP contribution < -0.4 is 5.32 Å². The van der Waals surface area contributed by atoms with Crippen LogP contribution in [0.15, 0.2) is 0 Å². The summed E-state index contributed by atoms with van der Waals surface area (Å²) in [5.74, 6) is 0. The smallest absolute Gasteiger partial charge is 0.0596 e. The molecule has 0 aliphatic heterocycles. The molecular formula is C12H28N2O2. The highest BCUT2D eigenvalue weighted by Gasteiger charge is 1.99. The van der Waals surface area contributed by atoms with Gasteiger partial charge in [-0.25, -0.2) is 0 Å². The van der Waals surface area contributed by atoms with E-state index in [1.807, 2.05) is 0 Å². The lowest BCUT2D eigenvalue weighted by atomic mass is 10.4. The molecule has 0 aliphatic rings. The third kappa shape index (κ3) is 11.9. The molecule has 0 aromatic rings. The molecule has 0 fully saturated rings. The molecule has 0 aromatic heterocycles. The molecule has 0 aromatic carbocycles. The molecule has 0 bridgehead atoms. The van der Waals surface area contributed by atoms with Gasteiger partial charge in [0.1, 0.15) is 0 Å². The van der Waals surface area contributed by atoms with Crippen molar-refractivity contribution in [2.24, 2.45) is 0 Å². The lowest BCUT2D eigenvalue weighted by Gasteiger charge is -2.17. The first-order valence-corrected chi connectivity index (χ1v) is 6.16. The Labute approximate surface area is 100 Å². The van der Waals surface area contributed by atoms with E-state index in [-0.39, 0.29) is 0 Å². The SMILES string of the molecule is COCCNCCCN(C)CCOC(C)C. The minimum absolute atomic E-state index is 0.337. The fraction of sp³-hybridized carbons (Fsp3) is 1.00. The summed E-state index contributed by atoms with van der Waals surface area (Å²) < 4.78 is 10.5. The predicted octanol–water partition coefficient (Wildman–Crippen LogP) is 0.969. The van der Waals surface area contributed by atoms with Crippen LogP contribution in [0.25, 0.3) is 0 Å². The lowest BCUT2D eigenvalue weighted by Crippen LogP contribution is -2.28. The first kappa shape index (κ1) is 15.8. The van der Waals surface area contributed by atoms with E-state index in [0.717, 1.165) is 39.4 Å². The fourth-order valence-electron chi connectivity index (χ4n) is 1.33. The molecule has 0 atom stereocenters. The Hall–Kier alpha value is -0.160. The topological polar surface area (TPSA) is 33.7 Å².